The molecule has 0 unspecified atom stereocenters. The Balaban J connectivity index is 0.000000127. The number of fused-ring (bicyclic) bond motifs is 28. The van der Waals surface area contributed by atoms with Crippen LogP contribution in [0.25, 0.3) is 189 Å². The normalized spacial score (nSPS) is 12.6. The minimum atomic E-state index is 0.952. The Kier molecular flexibility index (Phi) is 11.5. The Morgan fingerprint density at radius 3 is 0.823 bits per heavy atom. The van der Waals surface area contributed by atoms with E-state index in [4.69, 9.17) is 8.83 Å². The zero-order chi connectivity index (χ0) is 64.0. The van der Waals surface area contributed by atoms with E-state index >= 15 is 0 Å². The summed E-state index contributed by atoms with van der Waals surface area (Å²) in [6.45, 7) is 17.3. The number of aromatic nitrogens is 4. The van der Waals surface area contributed by atoms with Crippen molar-refractivity contribution < 1.29 is 8.83 Å². The lowest BCUT2D eigenvalue weighted by molar-refractivity contribution is 0.676. The summed E-state index contributed by atoms with van der Waals surface area (Å²) in [4.78, 5) is 0. The number of rotatable bonds is 4. The number of benzene rings is 10. The van der Waals surface area contributed by atoms with E-state index in [2.05, 4.69) is 268 Å². The molecule has 22 aromatic rings. The van der Waals surface area contributed by atoms with Crippen molar-refractivity contribution in [3.63, 3.8) is 0 Å². The highest BCUT2D eigenvalue weighted by molar-refractivity contribution is 7.35. The molecule has 460 valence electrons. The highest BCUT2D eigenvalue weighted by Crippen LogP contribution is 2.55. The molecule has 22 rings (SSSR count). The van der Waals surface area contributed by atoms with Gasteiger partial charge >= 0.3 is 0 Å². The second-order valence-electron chi connectivity index (χ2n) is 26.6. The molecule has 6 nitrogen and oxygen atoms in total. The molecule has 12 heterocycles. The molecule has 10 aromatic carbocycles. The van der Waals surface area contributed by atoms with E-state index in [1.807, 2.05) is 68.0 Å². The summed E-state index contributed by atoms with van der Waals surface area (Å²) in [5, 5.41) is 9.98. The molecule has 0 bridgehead atoms. The van der Waals surface area contributed by atoms with Crippen molar-refractivity contribution in [3.05, 3.63) is 239 Å². The van der Waals surface area contributed by atoms with Gasteiger partial charge in [-0.15, -0.1) is 68.0 Å². The van der Waals surface area contributed by atoms with Crippen LogP contribution in [-0.2, 0) is 0 Å². The minimum Gasteiger partial charge on any atom is -0.452 e. The van der Waals surface area contributed by atoms with Crippen molar-refractivity contribution in [1.29, 1.82) is 0 Å². The maximum Gasteiger partial charge on any atom is 0.162 e. The fourth-order valence-corrected chi connectivity index (χ4v) is 22.9. The first-order chi connectivity index (χ1) is 46.8. The third-order valence-electron chi connectivity index (χ3n) is 20.0. The Morgan fingerprint density at radius 1 is 0.208 bits per heavy atom. The molecular weight excluding hydrogens is 1290 g/mol. The van der Waals surface area contributed by atoms with Gasteiger partial charge in [0.25, 0.3) is 0 Å². The minimum absolute atomic E-state index is 0.952. The van der Waals surface area contributed by atoms with Gasteiger partial charge < -0.3 is 27.1 Å². The van der Waals surface area contributed by atoms with Gasteiger partial charge in [0, 0.05) is 94.0 Å². The molecule has 0 amide bonds. The maximum absolute atomic E-state index is 6.86. The Labute approximate surface area is 573 Å². The molecule has 0 spiro atoms. The van der Waals surface area contributed by atoms with Gasteiger partial charge in [-0.3, -0.25) is 0 Å². The van der Waals surface area contributed by atoms with Gasteiger partial charge in [-0.1, -0.05) is 107 Å². The summed E-state index contributed by atoms with van der Waals surface area (Å²) in [7, 11) is 0. The predicted octanol–water partition coefficient (Wildman–Crippen LogP) is 27.0. The van der Waals surface area contributed by atoms with Crippen molar-refractivity contribution in [3.8, 4) is 22.7 Å². The summed E-state index contributed by atoms with van der Waals surface area (Å²) in [5.74, 6) is 0. The first-order valence-corrected chi connectivity index (χ1v) is 37.4. The fourth-order valence-electron chi connectivity index (χ4n) is 15.3. The van der Waals surface area contributed by atoms with Gasteiger partial charge in [-0.2, -0.15) is 0 Å². The molecular formula is C84H56N4O2S6. The first kappa shape index (κ1) is 55.5. The van der Waals surface area contributed by atoms with Crippen molar-refractivity contribution in [2.24, 2.45) is 0 Å². The lowest BCUT2D eigenvalue weighted by atomic mass is 10.1. The molecule has 0 saturated carbocycles. The van der Waals surface area contributed by atoms with Crippen LogP contribution in [0.15, 0.2) is 203 Å². The number of nitrogens with zero attached hydrogens (tertiary/aromatic N) is 4. The molecule has 0 fully saturated rings. The number of aryl methyl sites for hydroxylation is 8. The molecule has 96 heavy (non-hydrogen) atoms. The largest absolute Gasteiger partial charge is 0.452 e. The molecule has 0 aliphatic rings. The van der Waals surface area contributed by atoms with Crippen LogP contribution >= 0.6 is 68.0 Å². The molecule has 0 radical (unpaired) electrons. The fraction of sp³-hybridized carbons (Fsp3) is 0.0952. The number of thiophene rings is 6. The van der Waals surface area contributed by atoms with Crippen molar-refractivity contribution in [1.82, 2.24) is 18.3 Å². The summed E-state index contributed by atoms with van der Waals surface area (Å²) in [6.07, 6.45) is 0. The predicted molar refractivity (Wildman–Crippen MR) is 420 cm³/mol. The monoisotopic (exact) mass is 1340 g/mol. The van der Waals surface area contributed by atoms with Crippen LogP contribution in [0.2, 0.25) is 0 Å². The van der Waals surface area contributed by atoms with Crippen molar-refractivity contribution >= 4 is 234 Å². The van der Waals surface area contributed by atoms with Crippen LogP contribution in [0.3, 0.4) is 0 Å². The van der Waals surface area contributed by atoms with Gasteiger partial charge in [0.05, 0.1) is 61.3 Å². The van der Waals surface area contributed by atoms with Crippen LogP contribution < -0.4 is 0 Å². The number of hydrogen-bond donors (Lipinski definition) is 0. The zero-order valence-electron chi connectivity index (χ0n) is 53.5. The Bertz CT molecular complexity index is 6700. The first-order valence-electron chi connectivity index (χ1n) is 32.5. The number of furan rings is 2. The van der Waals surface area contributed by atoms with Gasteiger partial charge in [0.2, 0.25) is 0 Å². The van der Waals surface area contributed by atoms with E-state index in [0.717, 1.165) is 66.3 Å². The van der Waals surface area contributed by atoms with E-state index in [0.29, 0.717) is 0 Å². The van der Waals surface area contributed by atoms with Crippen LogP contribution in [-0.4, -0.2) is 18.3 Å². The molecule has 0 aliphatic heterocycles. The summed E-state index contributed by atoms with van der Waals surface area (Å²) < 4.78 is 39.4. The second kappa shape index (κ2) is 19.9. The third kappa shape index (κ3) is 7.76. The zero-order valence-corrected chi connectivity index (χ0v) is 58.4. The van der Waals surface area contributed by atoms with E-state index in [-0.39, 0.29) is 0 Å². The van der Waals surface area contributed by atoms with Crippen molar-refractivity contribution in [2.75, 3.05) is 0 Å². The van der Waals surface area contributed by atoms with E-state index in [1.54, 1.807) is 0 Å². The van der Waals surface area contributed by atoms with E-state index in [9.17, 15) is 0 Å². The molecule has 12 heteroatoms. The third-order valence-corrected chi connectivity index (χ3v) is 27.1. The molecule has 12 aromatic heterocycles. The molecule has 0 aliphatic carbocycles. The van der Waals surface area contributed by atoms with Crippen LogP contribution in [0.1, 0.15) is 44.5 Å². The SMILES string of the molecule is Cc1ccc(-n2c3c4ccc(C)cc4sc3c3sc4cc5c(cc4c32)sc2c3sc4cc(C)ccc4c3n(-c3ccc(C)cc3)c52)cc1.Cc1ccc(-n2c3cc(C)ccc3c3oc4c5cc6sc7c(oc8c9ccc(C)cc9n(-c9ccc(C)cc9)c87)c6cc5sc4c32)cc1. The Hall–Kier alpha value is -9.76. The van der Waals surface area contributed by atoms with Crippen LogP contribution in [0.4, 0.5) is 0 Å². The average Bonchev–Trinajstić information content (AvgIpc) is 1.54. The van der Waals surface area contributed by atoms with Gasteiger partial charge in [0.15, 0.2) is 22.3 Å². The average molecular weight is 1350 g/mol. The smallest absolute Gasteiger partial charge is 0.162 e. The lowest BCUT2D eigenvalue weighted by Crippen LogP contribution is -1.94. The van der Waals surface area contributed by atoms with E-state index in [1.165, 1.54) is 167 Å². The highest BCUT2D eigenvalue weighted by Gasteiger charge is 2.29. The topological polar surface area (TPSA) is 46.0 Å². The Morgan fingerprint density at radius 2 is 0.469 bits per heavy atom. The standard InChI is InChI=1S/C42H28N2O2S2.C42H28N2S4/c1-21-5-11-25(12-6-21)43-31-17-23(3)9-15-27(31)37-35(43)41-39(45-37)29-19-34-30(20-33(29)47-41)40-42(48-34)36-38(46-40)28-16-10-24(4)18-32(28)44(36)26-13-7-22(2)8-14-26;1-21-5-11-25(12-6-21)43-35-27-15-9-23(3)17-31(27)45-39(35)41-37(43)29-19-34-30(20-33(29)47-41)38-42(48-34)40-36(28-16-10-24(4)18-32(28)46-40)44(38)26-13-7-22(2)8-14-26/h2*5-20H,1-4H3. The summed E-state index contributed by atoms with van der Waals surface area (Å²) >= 11 is 11.4. The molecule has 0 atom stereocenters. The number of hydrogen-bond acceptors (Lipinski definition) is 8. The maximum atomic E-state index is 6.86. The molecule has 0 saturated heterocycles. The second-order valence-corrected chi connectivity index (χ2v) is 32.9. The van der Waals surface area contributed by atoms with E-state index < -0.39 is 0 Å². The molecule has 0 N–H and O–H groups in total. The highest BCUT2D eigenvalue weighted by atomic mass is 32.1. The van der Waals surface area contributed by atoms with Gasteiger partial charge in [0.1, 0.15) is 11.0 Å². The quantitative estimate of drug-likeness (QED) is 0.176. The van der Waals surface area contributed by atoms with Crippen molar-refractivity contribution in [2.45, 2.75) is 55.4 Å². The van der Waals surface area contributed by atoms with Crippen LogP contribution in [0, 0.1) is 55.4 Å². The van der Waals surface area contributed by atoms with Crippen LogP contribution in [0.5, 0.6) is 0 Å². The van der Waals surface area contributed by atoms with Gasteiger partial charge in [-0.05, 0) is 187 Å². The lowest BCUT2D eigenvalue weighted by Gasteiger charge is -2.09. The summed E-state index contributed by atoms with van der Waals surface area (Å²) in [5.41, 5.74) is 28.7. The summed E-state index contributed by atoms with van der Waals surface area (Å²) in [6, 6.07) is 72.5. The van der Waals surface area contributed by atoms with Gasteiger partial charge in [-0.25, -0.2) is 0 Å².